The van der Waals surface area contributed by atoms with E-state index in [4.69, 9.17) is 20.5 Å². The zero-order chi connectivity index (χ0) is 15.5. The number of carbonyl (C=O) groups is 2. The van der Waals surface area contributed by atoms with Gasteiger partial charge in [0.25, 0.3) is 5.91 Å². The van der Waals surface area contributed by atoms with Gasteiger partial charge in [0.2, 0.25) is 0 Å². The molecule has 112 valence electrons. The Morgan fingerprint density at radius 2 is 2.10 bits per heavy atom. The molecule has 7 heteroatoms. The maximum Gasteiger partial charge on any atom is 0.309 e. The van der Waals surface area contributed by atoms with Gasteiger partial charge in [0.15, 0.2) is 6.61 Å². The number of amides is 1. The molecule has 0 bridgehead atoms. The van der Waals surface area contributed by atoms with Gasteiger partial charge in [0.1, 0.15) is 5.75 Å². The molecule has 7 nitrogen and oxygen atoms in total. The van der Waals surface area contributed by atoms with Gasteiger partial charge in [-0.1, -0.05) is 12.1 Å². The summed E-state index contributed by atoms with van der Waals surface area (Å²) < 4.78 is 10.1. The fraction of sp³-hybridized carbons (Fsp3) is 0.357. The van der Waals surface area contributed by atoms with Crippen LogP contribution in [0.4, 0.5) is 5.69 Å². The molecule has 0 unspecified atom stereocenters. The van der Waals surface area contributed by atoms with Crippen LogP contribution in [0.3, 0.4) is 0 Å². The second-order valence-corrected chi connectivity index (χ2v) is 4.06. The Bertz CT molecular complexity index is 525. The number of nitrogen functional groups attached to an aromatic ring is 1. The molecule has 3 N–H and O–H groups in total. The van der Waals surface area contributed by atoms with E-state index >= 15 is 0 Å². The molecule has 1 rings (SSSR count). The molecule has 1 aromatic rings. The molecule has 0 aliphatic heterocycles. The smallest absolute Gasteiger partial charge is 0.309 e. The van der Waals surface area contributed by atoms with Crippen LogP contribution < -0.4 is 15.8 Å². The predicted molar refractivity (Wildman–Crippen MR) is 75.2 cm³/mol. The Morgan fingerprint density at radius 1 is 1.33 bits per heavy atom. The van der Waals surface area contributed by atoms with Gasteiger partial charge in [-0.2, -0.15) is 5.26 Å². The summed E-state index contributed by atoms with van der Waals surface area (Å²) in [7, 11) is 0. The van der Waals surface area contributed by atoms with Gasteiger partial charge in [-0.25, -0.2) is 0 Å². The van der Waals surface area contributed by atoms with Crippen LogP contribution in [-0.4, -0.2) is 31.6 Å². The van der Waals surface area contributed by atoms with Crippen molar-refractivity contribution in [2.45, 2.75) is 12.8 Å². The van der Waals surface area contributed by atoms with E-state index in [1.807, 2.05) is 6.07 Å². The number of nitriles is 1. The minimum Gasteiger partial charge on any atom is -0.491 e. The predicted octanol–water partition coefficient (Wildman–Crippen LogP) is 0.611. The lowest BCUT2D eigenvalue weighted by atomic mass is 10.3. The quantitative estimate of drug-likeness (QED) is 0.412. The van der Waals surface area contributed by atoms with Crippen LogP contribution in [0.25, 0.3) is 0 Å². The average molecular weight is 291 g/mol. The van der Waals surface area contributed by atoms with Crippen LogP contribution in [0.2, 0.25) is 0 Å². The zero-order valence-corrected chi connectivity index (χ0v) is 11.5. The Kier molecular flexibility index (Phi) is 7.14. The van der Waals surface area contributed by atoms with Crippen LogP contribution in [0.1, 0.15) is 12.8 Å². The van der Waals surface area contributed by atoms with Crippen LogP contribution in [0.5, 0.6) is 5.75 Å². The van der Waals surface area contributed by atoms with Gasteiger partial charge in [-0.15, -0.1) is 0 Å². The summed E-state index contributed by atoms with van der Waals surface area (Å²) in [5.41, 5.74) is 6.17. The number of nitrogens with zero attached hydrogens (tertiary/aromatic N) is 1. The first-order valence-corrected chi connectivity index (χ1v) is 6.40. The van der Waals surface area contributed by atoms with Crippen molar-refractivity contribution >= 4 is 17.6 Å². The van der Waals surface area contributed by atoms with E-state index in [9.17, 15) is 9.59 Å². The SMILES string of the molecule is N#CCCNC(=O)COC(=O)CCOc1ccccc1N. The van der Waals surface area contributed by atoms with E-state index in [0.717, 1.165) is 0 Å². The highest BCUT2D eigenvalue weighted by molar-refractivity contribution is 5.80. The van der Waals surface area contributed by atoms with Crippen LogP contribution in [0, 0.1) is 11.3 Å². The van der Waals surface area contributed by atoms with Crippen molar-refractivity contribution in [1.82, 2.24) is 5.32 Å². The molecule has 0 heterocycles. The van der Waals surface area contributed by atoms with Gasteiger partial charge >= 0.3 is 5.97 Å². The molecule has 0 aliphatic carbocycles. The van der Waals surface area contributed by atoms with Crippen LogP contribution in [-0.2, 0) is 14.3 Å². The van der Waals surface area contributed by atoms with Crippen molar-refractivity contribution in [3.8, 4) is 11.8 Å². The molecule has 0 saturated carbocycles. The highest BCUT2D eigenvalue weighted by atomic mass is 16.5. The number of rotatable bonds is 8. The van der Waals surface area contributed by atoms with Crippen molar-refractivity contribution in [3.05, 3.63) is 24.3 Å². The molecule has 0 radical (unpaired) electrons. The maximum absolute atomic E-state index is 11.4. The lowest BCUT2D eigenvalue weighted by Crippen LogP contribution is -2.29. The molecule has 1 amide bonds. The van der Waals surface area contributed by atoms with Crippen molar-refractivity contribution in [3.63, 3.8) is 0 Å². The number of esters is 1. The molecule has 0 aliphatic rings. The van der Waals surface area contributed by atoms with Crippen molar-refractivity contribution in [2.24, 2.45) is 0 Å². The van der Waals surface area contributed by atoms with Crippen molar-refractivity contribution < 1.29 is 19.1 Å². The highest BCUT2D eigenvalue weighted by Gasteiger charge is 2.08. The van der Waals surface area contributed by atoms with Crippen molar-refractivity contribution in [2.75, 3.05) is 25.5 Å². The van der Waals surface area contributed by atoms with Gasteiger partial charge in [0.05, 0.1) is 31.2 Å². The topological polar surface area (TPSA) is 114 Å². The van der Waals surface area contributed by atoms with E-state index in [1.54, 1.807) is 24.3 Å². The Balaban J connectivity index is 2.16. The number of ether oxygens (including phenoxy) is 2. The average Bonchev–Trinajstić information content (AvgIpc) is 2.47. The van der Waals surface area contributed by atoms with Crippen molar-refractivity contribution in [1.29, 1.82) is 5.26 Å². The Hall–Kier alpha value is -2.75. The first-order chi connectivity index (χ1) is 10.1. The Labute approximate surface area is 122 Å². The van der Waals surface area contributed by atoms with E-state index in [0.29, 0.717) is 11.4 Å². The monoisotopic (exact) mass is 291 g/mol. The summed E-state index contributed by atoms with van der Waals surface area (Å²) in [6, 6.07) is 8.83. The third kappa shape index (κ3) is 6.82. The largest absolute Gasteiger partial charge is 0.491 e. The third-order valence-corrected chi connectivity index (χ3v) is 2.41. The van der Waals surface area contributed by atoms with E-state index in [1.165, 1.54) is 0 Å². The van der Waals surface area contributed by atoms with E-state index in [2.05, 4.69) is 5.32 Å². The highest BCUT2D eigenvalue weighted by Crippen LogP contribution is 2.19. The number of nitrogens with one attached hydrogen (secondary N) is 1. The third-order valence-electron chi connectivity index (χ3n) is 2.41. The standard InChI is InChI=1S/C14H17N3O4/c15-7-3-8-17-13(18)10-21-14(19)6-9-20-12-5-2-1-4-11(12)16/h1-2,4-5H,3,6,8-10,16H2,(H,17,18). The normalized spacial score (nSPS) is 9.48. The number of nitrogens with two attached hydrogens (primary N) is 1. The molecule has 0 aromatic heterocycles. The summed E-state index contributed by atoms with van der Waals surface area (Å²) in [5, 5.41) is 10.7. The summed E-state index contributed by atoms with van der Waals surface area (Å²) in [6.07, 6.45) is 0.228. The maximum atomic E-state index is 11.4. The molecule has 21 heavy (non-hydrogen) atoms. The van der Waals surface area contributed by atoms with Gasteiger partial charge < -0.3 is 20.5 Å². The lowest BCUT2D eigenvalue weighted by Gasteiger charge is -2.08. The lowest BCUT2D eigenvalue weighted by molar-refractivity contribution is -0.149. The first-order valence-electron chi connectivity index (χ1n) is 6.40. The zero-order valence-electron chi connectivity index (χ0n) is 11.5. The van der Waals surface area contributed by atoms with Crippen LogP contribution >= 0.6 is 0 Å². The molecular weight excluding hydrogens is 274 g/mol. The number of benzene rings is 1. The van der Waals surface area contributed by atoms with Crippen LogP contribution in [0.15, 0.2) is 24.3 Å². The molecule has 0 atom stereocenters. The number of hydrogen-bond donors (Lipinski definition) is 2. The summed E-state index contributed by atoms with van der Waals surface area (Å²) in [4.78, 5) is 22.6. The fourth-order valence-electron chi connectivity index (χ4n) is 1.38. The van der Waals surface area contributed by atoms with Gasteiger partial charge in [-0.05, 0) is 12.1 Å². The number of para-hydroxylation sites is 2. The molecular formula is C14H17N3O4. The van der Waals surface area contributed by atoms with E-state index < -0.39 is 11.9 Å². The summed E-state index contributed by atoms with van der Waals surface area (Å²) >= 11 is 0. The van der Waals surface area contributed by atoms with Gasteiger partial charge in [0, 0.05) is 6.54 Å². The number of carbonyl (C=O) groups excluding carboxylic acids is 2. The summed E-state index contributed by atoms with van der Waals surface area (Å²) in [6.45, 7) is -0.00981. The second-order valence-electron chi connectivity index (χ2n) is 4.06. The van der Waals surface area contributed by atoms with Gasteiger partial charge in [-0.3, -0.25) is 9.59 Å². The second kappa shape index (κ2) is 9.20. The molecule has 1 aromatic carbocycles. The number of anilines is 1. The molecule has 0 saturated heterocycles. The number of hydrogen-bond acceptors (Lipinski definition) is 6. The minimum absolute atomic E-state index is 0.0137. The molecule has 0 fully saturated rings. The van der Waals surface area contributed by atoms with E-state index in [-0.39, 0.29) is 32.6 Å². The Morgan fingerprint density at radius 3 is 2.81 bits per heavy atom. The molecule has 0 spiro atoms. The minimum atomic E-state index is -0.542. The summed E-state index contributed by atoms with van der Waals surface area (Å²) in [5.74, 6) is -0.480. The first kappa shape index (κ1) is 16.3. The fourth-order valence-corrected chi connectivity index (χ4v) is 1.38.